The number of aromatic nitrogens is 1. The molecule has 12 nitrogen and oxygen atoms in total. The Hall–Kier alpha value is -4.41. The molecule has 8 N–H and O–H groups in total. The molecule has 326 valence electrons. The minimum absolute atomic E-state index is 0.0278. The monoisotopic (exact) mass is 862 g/mol. The Morgan fingerprint density at radius 3 is 1.77 bits per heavy atom. The zero-order chi connectivity index (χ0) is 43.0. The summed E-state index contributed by atoms with van der Waals surface area (Å²) in [6.07, 6.45) is 18.7. The molecule has 0 fully saturated rings. The van der Waals surface area contributed by atoms with Crippen LogP contribution >= 0.6 is 21.6 Å². The second-order valence-electron chi connectivity index (χ2n) is 13.8. The number of aliphatic hydroxyl groups excluding tert-OH is 4. The largest absolute Gasteiger partial charge is 0.395 e. The van der Waals surface area contributed by atoms with Crippen LogP contribution in [0.1, 0.15) is 49.4 Å². The van der Waals surface area contributed by atoms with Crippen molar-refractivity contribution in [2.45, 2.75) is 39.2 Å². The summed E-state index contributed by atoms with van der Waals surface area (Å²) in [4.78, 5) is 28.8. The molecule has 0 unspecified atom stereocenters. The molecule has 0 saturated carbocycles. The zero-order valence-electron chi connectivity index (χ0n) is 35.0. The summed E-state index contributed by atoms with van der Waals surface area (Å²) in [6.45, 7) is 6.69. The predicted octanol–water partition coefficient (Wildman–Crippen LogP) is 3.64. The molecule has 3 aromatic rings. The second-order valence-corrected chi connectivity index (χ2v) is 16.5. The maximum absolute atomic E-state index is 12.5. The number of amides is 2. The van der Waals surface area contributed by atoms with E-state index in [1.165, 1.54) is 0 Å². The van der Waals surface area contributed by atoms with E-state index in [0.717, 1.165) is 71.3 Å². The topological polar surface area (TPSA) is 166 Å². The number of carbonyl (C=O) groups excluding carboxylic acids is 2. The molecule has 3 rings (SSSR count). The van der Waals surface area contributed by atoms with E-state index in [4.69, 9.17) is 0 Å². The fraction of sp³-hybridized carbons (Fsp3) is 0.413. The fourth-order valence-electron chi connectivity index (χ4n) is 6.13. The van der Waals surface area contributed by atoms with E-state index < -0.39 is 0 Å². The molecular weight excluding hydrogens is 797 g/mol. The van der Waals surface area contributed by atoms with Crippen molar-refractivity contribution in [2.24, 2.45) is 0 Å². The molecule has 1 heterocycles. The number of quaternary nitrogens is 1. The molecule has 60 heavy (non-hydrogen) atoms. The van der Waals surface area contributed by atoms with Crippen molar-refractivity contribution < 1.29 is 39.9 Å². The van der Waals surface area contributed by atoms with Crippen LogP contribution in [0.25, 0.3) is 18.2 Å². The lowest BCUT2D eigenvalue weighted by Gasteiger charge is -2.22. The van der Waals surface area contributed by atoms with Gasteiger partial charge in [-0.05, 0) is 72.7 Å². The lowest BCUT2D eigenvalue weighted by atomic mass is 10.1. The van der Waals surface area contributed by atoms with E-state index in [2.05, 4.69) is 57.0 Å². The van der Waals surface area contributed by atoms with Gasteiger partial charge in [0.05, 0.1) is 33.0 Å². The van der Waals surface area contributed by atoms with Gasteiger partial charge in [-0.3, -0.25) is 9.59 Å². The number of pyridine rings is 1. The van der Waals surface area contributed by atoms with E-state index >= 15 is 0 Å². The highest BCUT2D eigenvalue weighted by atomic mass is 33.1. The molecule has 0 aliphatic rings. The number of hydrogen-bond donors (Lipinski definition) is 7. The maximum atomic E-state index is 12.5. The van der Waals surface area contributed by atoms with E-state index in [0.29, 0.717) is 52.1 Å². The number of carbonyl (C=O) groups is 2. The number of nitrogens with one attached hydrogen (secondary N) is 2. The van der Waals surface area contributed by atoms with Crippen molar-refractivity contribution in [3.05, 3.63) is 120 Å². The third-order valence-corrected chi connectivity index (χ3v) is 11.7. The third kappa shape index (κ3) is 20.7. The van der Waals surface area contributed by atoms with Crippen LogP contribution in [0.2, 0.25) is 0 Å². The molecule has 2 amide bonds. The Balaban J connectivity index is 1.24. The van der Waals surface area contributed by atoms with Crippen LogP contribution in [0, 0.1) is 0 Å². The Labute approximate surface area is 364 Å². The number of nitrogens with two attached hydrogens (primary N) is 1. The highest BCUT2D eigenvalue weighted by Gasteiger charge is 2.10. The Kier molecular flexibility index (Phi) is 26.2. The lowest BCUT2D eigenvalue weighted by molar-refractivity contribution is -0.698. The van der Waals surface area contributed by atoms with Crippen molar-refractivity contribution in [3.8, 4) is 0 Å². The molecule has 0 saturated heterocycles. The summed E-state index contributed by atoms with van der Waals surface area (Å²) < 4.78 is 2.14. The molecule has 2 aromatic carbocycles. The summed E-state index contributed by atoms with van der Waals surface area (Å²) in [6, 6.07) is 22.1. The quantitative estimate of drug-likeness (QED) is 0.0220. The summed E-state index contributed by atoms with van der Waals surface area (Å²) in [5.41, 5.74) is 6.11. The number of aryl methyl sites for hydroxylation is 1. The van der Waals surface area contributed by atoms with Crippen LogP contribution in [-0.2, 0) is 16.1 Å². The average molecular weight is 863 g/mol. The van der Waals surface area contributed by atoms with Crippen molar-refractivity contribution in [1.82, 2.24) is 10.6 Å². The Morgan fingerprint density at radius 2 is 1.23 bits per heavy atom. The van der Waals surface area contributed by atoms with Crippen molar-refractivity contribution >= 4 is 63.0 Å². The maximum Gasteiger partial charge on any atom is 0.220 e. The van der Waals surface area contributed by atoms with E-state index in [1.807, 2.05) is 95.7 Å². The first-order chi connectivity index (χ1) is 29.4. The standard InChI is InChI=1S/C46H64N6O6S2/c1-2-3-8-41(18-12-39-14-20-43(21-15-39)51(29-33-53)30-34-54)47-24-6-10-45(57)48-25-37-59-60-38-26-49-46(58)11-7-28-50-27-5-4-9-42(50)19-13-40-16-22-44(23-17-40)52(31-35-55)32-36-56/h2-5,8-9,12-23,27,47,53-56H,6-7,10-11,24-26,28-38H2,1H3,(H-,48,49,57,58)/p+2. The number of nitrogens with zero attached hydrogens (tertiary/aromatic N) is 3. The molecule has 0 atom stereocenters. The average Bonchev–Trinajstić information content (AvgIpc) is 3.26. The highest BCUT2D eigenvalue weighted by molar-refractivity contribution is 8.76. The van der Waals surface area contributed by atoms with Crippen LogP contribution < -0.4 is 30.3 Å². The van der Waals surface area contributed by atoms with E-state index in [-0.39, 0.29) is 38.2 Å². The van der Waals surface area contributed by atoms with Gasteiger partial charge in [-0.25, -0.2) is 0 Å². The number of allylic oxidation sites excluding steroid dienone is 4. The SMILES string of the molecule is CC=CC=C(C=Cc1ccc(N(CCO)CCO)cc1)[NH2+]CCCC(=O)NCCSSCCNC(=O)CCC[n+]1ccccc1C=Cc1ccc(N(CCO)CCO)cc1. The van der Waals surface area contributed by atoms with Crippen LogP contribution in [0.5, 0.6) is 0 Å². The van der Waals surface area contributed by atoms with Gasteiger partial charge in [0, 0.05) is 106 Å². The first kappa shape index (κ1) is 49.9. The van der Waals surface area contributed by atoms with E-state index in [1.54, 1.807) is 21.6 Å². The predicted molar refractivity (Wildman–Crippen MR) is 249 cm³/mol. The first-order valence-corrected chi connectivity index (χ1v) is 23.3. The van der Waals surface area contributed by atoms with Crippen molar-refractivity contribution in [1.29, 1.82) is 0 Å². The number of rotatable bonds is 31. The number of hydrogen-bond acceptors (Lipinski definition) is 10. The van der Waals surface area contributed by atoms with Crippen LogP contribution in [0.3, 0.4) is 0 Å². The summed E-state index contributed by atoms with van der Waals surface area (Å²) in [5, 5.41) is 45.4. The lowest BCUT2D eigenvalue weighted by Crippen LogP contribution is -2.81. The smallest absolute Gasteiger partial charge is 0.220 e. The van der Waals surface area contributed by atoms with Gasteiger partial charge < -0.3 is 46.2 Å². The zero-order valence-corrected chi connectivity index (χ0v) is 36.7. The van der Waals surface area contributed by atoms with Gasteiger partial charge in [0.2, 0.25) is 17.5 Å². The van der Waals surface area contributed by atoms with Gasteiger partial charge in [-0.2, -0.15) is 4.57 Å². The highest BCUT2D eigenvalue weighted by Crippen LogP contribution is 2.20. The molecule has 0 aliphatic heterocycles. The molecule has 14 heteroatoms. The molecular formula is C46H66N6O6S2+2. The van der Waals surface area contributed by atoms with Gasteiger partial charge in [0.15, 0.2) is 6.20 Å². The normalized spacial score (nSPS) is 11.8. The number of anilines is 2. The second kappa shape index (κ2) is 31.5. The van der Waals surface area contributed by atoms with Crippen LogP contribution in [-0.4, -0.2) is 116 Å². The Bertz CT molecular complexity index is 1760. The third-order valence-electron chi connectivity index (χ3n) is 9.26. The van der Waals surface area contributed by atoms with E-state index in [9.17, 15) is 30.0 Å². The first-order valence-electron chi connectivity index (χ1n) is 20.8. The van der Waals surface area contributed by atoms with Gasteiger partial charge in [0.25, 0.3) is 0 Å². The van der Waals surface area contributed by atoms with Gasteiger partial charge in [-0.15, -0.1) is 0 Å². The summed E-state index contributed by atoms with van der Waals surface area (Å²) in [5.74, 6) is 1.69. The minimum Gasteiger partial charge on any atom is -0.395 e. The van der Waals surface area contributed by atoms with Crippen molar-refractivity contribution in [3.63, 3.8) is 0 Å². The van der Waals surface area contributed by atoms with Crippen molar-refractivity contribution in [2.75, 3.05) is 93.5 Å². The van der Waals surface area contributed by atoms with Crippen LogP contribution in [0.15, 0.2) is 103 Å². The molecule has 0 radical (unpaired) electrons. The molecule has 0 spiro atoms. The summed E-state index contributed by atoms with van der Waals surface area (Å²) in [7, 11) is 3.38. The minimum atomic E-state index is 0.0278. The van der Waals surface area contributed by atoms with Crippen LogP contribution in [0.4, 0.5) is 11.4 Å². The Morgan fingerprint density at radius 1 is 0.700 bits per heavy atom. The molecule has 0 aliphatic carbocycles. The molecule has 1 aromatic heterocycles. The summed E-state index contributed by atoms with van der Waals surface area (Å²) >= 11 is 0. The number of benzene rings is 2. The molecule has 0 bridgehead atoms. The van der Waals surface area contributed by atoms with Gasteiger partial charge >= 0.3 is 0 Å². The fourth-order valence-corrected chi connectivity index (χ4v) is 7.95. The van der Waals surface area contributed by atoms with Gasteiger partial charge in [-0.1, -0.05) is 58.0 Å². The number of aliphatic hydroxyl groups is 4. The van der Waals surface area contributed by atoms with Gasteiger partial charge in [0.1, 0.15) is 12.2 Å².